The van der Waals surface area contributed by atoms with Crippen molar-refractivity contribution in [1.82, 2.24) is 9.47 Å². The standard InChI is InChI=1S/C35H38ClN3O3/c1-21-8-5-6-9-24(17-29(21)37)27-10-7-11-30(32(27)36)39-31(26-19-38(20-26)34(41)42-35(2,3)4)18-25-16-23(22-12-13-22)14-15-28(25)33(39)40/h6-7,9-11,14-18,22,26H,5,8,12-13,19-20,37H2,1-4H3/b9-6-,24-17+,29-21-. The maximum atomic E-state index is 14.3. The SMILES string of the molecule is C\C1=C(N)/C=C(c2cccc(-n3c(C4CN(C(=O)OC(C)(C)C)C4)cc4cc(C5CC5)ccc4c3=O)c2Cl)\C=C/CC1. The van der Waals surface area contributed by atoms with Gasteiger partial charge >= 0.3 is 6.09 Å². The Hall–Kier alpha value is -3.77. The van der Waals surface area contributed by atoms with Crippen molar-refractivity contribution < 1.29 is 9.53 Å². The third-order valence-corrected chi connectivity index (χ3v) is 8.79. The average molecular weight is 584 g/mol. The van der Waals surface area contributed by atoms with E-state index < -0.39 is 5.60 Å². The van der Waals surface area contributed by atoms with Crippen LogP contribution >= 0.6 is 11.6 Å². The Bertz CT molecular complexity index is 1730. The Morgan fingerprint density at radius 3 is 2.55 bits per heavy atom. The largest absolute Gasteiger partial charge is 0.444 e. The van der Waals surface area contributed by atoms with Gasteiger partial charge in [-0.2, -0.15) is 0 Å². The van der Waals surface area contributed by atoms with Crippen LogP contribution in [-0.2, 0) is 4.74 Å². The lowest BCUT2D eigenvalue weighted by molar-refractivity contribution is 0.00770. The van der Waals surface area contributed by atoms with Crippen LogP contribution in [0.25, 0.3) is 22.0 Å². The van der Waals surface area contributed by atoms with Crippen LogP contribution in [0, 0.1) is 0 Å². The molecule has 6 nitrogen and oxygen atoms in total. The Balaban J connectivity index is 1.47. The molecule has 1 aliphatic heterocycles. The van der Waals surface area contributed by atoms with Crippen LogP contribution in [0.1, 0.15) is 82.0 Å². The van der Waals surface area contributed by atoms with Gasteiger partial charge in [0.05, 0.1) is 10.7 Å². The van der Waals surface area contributed by atoms with E-state index >= 15 is 0 Å². The Morgan fingerprint density at radius 2 is 1.83 bits per heavy atom. The highest BCUT2D eigenvalue weighted by Crippen LogP contribution is 2.41. The zero-order chi connectivity index (χ0) is 29.8. The van der Waals surface area contributed by atoms with Crippen molar-refractivity contribution in [2.24, 2.45) is 5.73 Å². The van der Waals surface area contributed by atoms with Crippen LogP contribution in [0.15, 0.2) is 76.8 Å². The highest BCUT2D eigenvalue weighted by Gasteiger charge is 2.37. The van der Waals surface area contributed by atoms with Gasteiger partial charge in [0, 0.05) is 41.3 Å². The number of rotatable bonds is 4. The normalized spacial score (nSPS) is 21.7. The molecule has 2 heterocycles. The van der Waals surface area contributed by atoms with Crippen LogP contribution in [-0.4, -0.2) is 34.3 Å². The lowest BCUT2D eigenvalue weighted by Gasteiger charge is -2.40. The lowest BCUT2D eigenvalue weighted by Crippen LogP contribution is -2.51. The van der Waals surface area contributed by atoms with Gasteiger partial charge in [-0.1, -0.05) is 53.6 Å². The first-order valence-electron chi connectivity index (χ1n) is 14.8. The summed E-state index contributed by atoms with van der Waals surface area (Å²) in [6.45, 7) is 8.57. The first-order valence-corrected chi connectivity index (χ1v) is 15.2. The Kier molecular flexibility index (Phi) is 7.30. The Labute approximate surface area is 252 Å². The molecule has 1 amide bonds. The number of likely N-dealkylation sites (tertiary alicyclic amines) is 1. The predicted octanol–water partition coefficient (Wildman–Crippen LogP) is 7.82. The van der Waals surface area contributed by atoms with Gasteiger partial charge in [-0.05, 0) is 100 Å². The number of aromatic nitrogens is 1. The van der Waals surface area contributed by atoms with E-state index in [9.17, 15) is 9.59 Å². The van der Waals surface area contributed by atoms with Gasteiger partial charge in [0.25, 0.3) is 5.56 Å². The van der Waals surface area contributed by atoms with Gasteiger partial charge in [-0.25, -0.2) is 4.79 Å². The van der Waals surface area contributed by atoms with E-state index in [1.165, 1.54) is 18.4 Å². The summed E-state index contributed by atoms with van der Waals surface area (Å²) in [6.07, 6.45) is 10.0. The quantitative estimate of drug-likeness (QED) is 0.339. The van der Waals surface area contributed by atoms with Crippen molar-refractivity contribution in [3.63, 3.8) is 0 Å². The number of amides is 1. The smallest absolute Gasteiger partial charge is 0.410 e. The average Bonchev–Trinajstić information content (AvgIpc) is 3.74. The molecule has 1 aromatic heterocycles. The second-order valence-corrected chi connectivity index (χ2v) is 13.2. The van der Waals surface area contributed by atoms with E-state index in [-0.39, 0.29) is 17.6 Å². The van der Waals surface area contributed by atoms with Gasteiger partial charge < -0.3 is 15.4 Å². The number of fused-ring (bicyclic) bond motifs is 1. The summed E-state index contributed by atoms with van der Waals surface area (Å²) < 4.78 is 7.34. The van der Waals surface area contributed by atoms with Crippen molar-refractivity contribution in [1.29, 1.82) is 0 Å². The summed E-state index contributed by atoms with van der Waals surface area (Å²) in [5.41, 5.74) is 12.0. The number of allylic oxidation sites excluding steroid dienone is 5. The molecule has 218 valence electrons. The molecule has 0 unspecified atom stereocenters. The summed E-state index contributed by atoms with van der Waals surface area (Å²) in [5.74, 6) is 0.536. The minimum Gasteiger partial charge on any atom is -0.444 e. The van der Waals surface area contributed by atoms with Gasteiger partial charge in [-0.3, -0.25) is 9.36 Å². The monoisotopic (exact) mass is 583 g/mol. The van der Waals surface area contributed by atoms with Crippen LogP contribution < -0.4 is 11.3 Å². The highest BCUT2D eigenvalue weighted by atomic mass is 35.5. The molecule has 3 aromatic rings. The van der Waals surface area contributed by atoms with Gasteiger partial charge in [0.2, 0.25) is 0 Å². The number of hydrogen-bond acceptors (Lipinski definition) is 4. The molecule has 2 aliphatic carbocycles. The fourth-order valence-corrected chi connectivity index (χ4v) is 6.11. The van der Waals surface area contributed by atoms with E-state index in [2.05, 4.69) is 37.3 Å². The zero-order valence-corrected chi connectivity index (χ0v) is 25.5. The molecule has 1 saturated carbocycles. The molecular formula is C35H38ClN3O3. The molecule has 0 bridgehead atoms. The van der Waals surface area contributed by atoms with E-state index in [1.807, 2.05) is 51.1 Å². The number of carbonyl (C=O) groups is 1. The van der Waals surface area contributed by atoms with E-state index in [0.29, 0.717) is 35.1 Å². The number of nitrogens with two attached hydrogens (primary N) is 1. The predicted molar refractivity (Wildman–Crippen MR) is 170 cm³/mol. The van der Waals surface area contributed by atoms with Crippen molar-refractivity contribution in [2.75, 3.05) is 13.1 Å². The van der Waals surface area contributed by atoms with Crippen LogP contribution in [0.2, 0.25) is 5.02 Å². The summed E-state index contributed by atoms with van der Waals surface area (Å²) in [4.78, 5) is 28.7. The molecule has 7 heteroatoms. The number of ether oxygens (including phenoxy) is 1. The number of nitrogens with zero attached hydrogens (tertiary/aromatic N) is 2. The second-order valence-electron chi connectivity index (χ2n) is 12.8. The third-order valence-electron chi connectivity index (χ3n) is 8.39. The number of benzene rings is 2. The maximum absolute atomic E-state index is 14.3. The topological polar surface area (TPSA) is 77.6 Å². The molecule has 0 spiro atoms. The molecule has 0 radical (unpaired) electrons. The van der Waals surface area contributed by atoms with E-state index in [0.717, 1.165) is 46.3 Å². The minimum absolute atomic E-state index is 0.0411. The number of hydrogen-bond donors (Lipinski definition) is 1. The molecule has 1 saturated heterocycles. The number of halogens is 1. The van der Waals surface area contributed by atoms with Crippen molar-refractivity contribution in [3.05, 3.63) is 104 Å². The van der Waals surface area contributed by atoms with Crippen LogP contribution in [0.5, 0.6) is 0 Å². The lowest BCUT2D eigenvalue weighted by atomic mass is 9.93. The molecule has 2 aromatic carbocycles. The summed E-state index contributed by atoms with van der Waals surface area (Å²) in [6, 6.07) is 14.1. The molecule has 3 aliphatic rings. The molecule has 2 N–H and O–H groups in total. The maximum Gasteiger partial charge on any atom is 0.410 e. The highest BCUT2D eigenvalue weighted by molar-refractivity contribution is 6.34. The van der Waals surface area contributed by atoms with Crippen LogP contribution in [0.3, 0.4) is 0 Å². The summed E-state index contributed by atoms with van der Waals surface area (Å²) in [5, 5.41) is 2.07. The Morgan fingerprint density at radius 1 is 1.07 bits per heavy atom. The van der Waals surface area contributed by atoms with Gasteiger partial charge in [0.1, 0.15) is 5.60 Å². The number of pyridine rings is 1. The van der Waals surface area contributed by atoms with Crippen molar-refractivity contribution in [3.8, 4) is 5.69 Å². The fraction of sp³-hybridized carbons (Fsp3) is 0.371. The van der Waals surface area contributed by atoms with E-state index in [4.69, 9.17) is 22.1 Å². The third kappa shape index (κ3) is 5.52. The minimum atomic E-state index is -0.572. The fourth-order valence-electron chi connectivity index (χ4n) is 5.79. The first-order chi connectivity index (χ1) is 20.0. The summed E-state index contributed by atoms with van der Waals surface area (Å²) >= 11 is 7.17. The molecule has 42 heavy (non-hydrogen) atoms. The van der Waals surface area contributed by atoms with Crippen molar-refractivity contribution >= 4 is 34.0 Å². The molecule has 6 rings (SSSR count). The van der Waals surface area contributed by atoms with Crippen LogP contribution in [0.4, 0.5) is 4.79 Å². The van der Waals surface area contributed by atoms with Gasteiger partial charge in [-0.15, -0.1) is 0 Å². The van der Waals surface area contributed by atoms with E-state index in [1.54, 1.807) is 9.47 Å². The summed E-state index contributed by atoms with van der Waals surface area (Å²) in [7, 11) is 0. The first kappa shape index (κ1) is 28.4. The number of carbonyl (C=O) groups excluding carboxylic acids is 1. The molecule has 2 fully saturated rings. The second kappa shape index (κ2) is 10.8. The zero-order valence-electron chi connectivity index (χ0n) is 24.7. The molecular weight excluding hydrogens is 546 g/mol. The van der Waals surface area contributed by atoms with Crippen molar-refractivity contribution in [2.45, 2.75) is 70.8 Å². The van der Waals surface area contributed by atoms with Gasteiger partial charge in [0.15, 0.2) is 0 Å². The molecule has 0 atom stereocenters.